The normalized spacial score (nSPS) is 10.4. The minimum atomic E-state index is -0.485. The average molecular weight is 415 g/mol. The second kappa shape index (κ2) is 11.3. The number of nitrogens with one attached hydrogen (secondary N) is 2. The van der Waals surface area contributed by atoms with E-state index in [0.29, 0.717) is 29.6 Å². The zero-order valence-electron chi connectivity index (χ0n) is 17.4. The summed E-state index contributed by atoms with van der Waals surface area (Å²) in [4.78, 5) is 24.4. The third-order valence-electron chi connectivity index (χ3n) is 3.95. The van der Waals surface area contributed by atoms with Gasteiger partial charge in [-0.3, -0.25) is 9.59 Å². The van der Waals surface area contributed by atoms with Crippen LogP contribution in [-0.4, -0.2) is 52.5 Å². The van der Waals surface area contributed by atoms with E-state index in [1.165, 1.54) is 39.7 Å². The summed E-state index contributed by atoms with van der Waals surface area (Å²) in [5, 5.41) is 6.42. The third kappa shape index (κ3) is 5.87. The van der Waals surface area contributed by atoms with E-state index in [1.807, 2.05) is 31.2 Å². The van der Waals surface area contributed by atoms with Gasteiger partial charge >= 0.3 is 0 Å². The maximum Gasteiger partial charge on any atom is 0.259 e. The van der Waals surface area contributed by atoms with Gasteiger partial charge in [-0.05, 0) is 31.2 Å². The summed E-state index contributed by atoms with van der Waals surface area (Å²) in [5.41, 5.74) is 3.34. The van der Waals surface area contributed by atoms with E-state index in [4.69, 9.17) is 18.9 Å². The monoisotopic (exact) mass is 415 g/mol. The van der Waals surface area contributed by atoms with E-state index in [0.717, 1.165) is 5.56 Å². The highest BCUT2D eigenvalue weighted by molar-refractivity contribution is 5.97. The predicted octanol–water partition coefficient (Wildman–Crippen LogP) is 1.99. The minimum Gasteiger partial charge on any atom is -0.493 e. The molecule has 0 atom stereocenters. The summed E-state index contributed by atoms with van der Waals surface area (Å²) in [7, 11) is 4.38. The molecule has 9 nitrogen and oxygen atoms in total. The van der Waals surface area contributed by atoms with Crippen LogP contribution < -0.4 is 29.7 Å². The summed E-state index contributed by atoms with van der Waals surface area (Å²) < 4.78 is 21.2. The van der Waals surface area contributed by atoms with Gasteiger partial charge in [-0.1, -0.05) is 12.1 Å². The Morgan fingerprint density at radius 2 is 1.67 bits per heavy atom. The van der Waals surface area contributed by atoms with Crippen LogP contribution in [0.2, 0.25) is 0 Å². The van der Waals surface area contributed by atoms with Crippen molar-refractivity contribution in [3.05, 3.63) is 47.5 Å². The van der Waals surface area contributed by atoms with Crippen LogP contribution in [0.5, 0.6) is 23.0 Å². The third-order valence-corrected chi connectivity index (χ3v) is 3.95. The molecule has 160 valence electrons. The molecular weight excluding hydrogens is 390 g/mol. The van der Waals surface area contributed by atoms with E-state index >= 15 is 0 Å². The molecule has 30 heavy (non-hydrogen) atoms. The number of benzene rings is 2. The summed E-state index contributed by atoms with van der Waals surface area (Å²) in [5.74, 6) is 0.744. The number of methoxy groups -OCH3 is 3. The van der Waals surface area contributed by atoms with Gasteiger partial charge in [-0.15, -0.1) is 0 Å². The first-order chi connectivity index (χ1) is 14.5. The smallest absolute Gasteiger partial charge is 0.259 e. The van der Waals surface area contributed by atoms with Crippen LogP contribution in [0.1, 0.15) is 22.8 Å². The van der Waals surface area contributed by atoms with Crippen LogP contribution in [0, 0.1) is 0 Å². The molecule has 2 aromatic carbocycles. The molecule has 0 saturated heterocycles. The second-order valence-corrected chi connectivity index (χ2v) is 5.86. The van der Waals surface area contributed by atoms with Crippen molar-refractivity contribution in [1.29, 1.82) is 0 Å². The fraction of sp³-hybridized carbons (Fsp3) is 0.286. The van der Waals surface area contributed by atoms with Crippen molar-refractivity contribution in [2.75, 3.05) is 34.5 Å². The Labute approximate surface area is 175 Å². The van der Waals surface area contributed by atoms with Crippen LogP contribution in [0.25, 0.3) is 0 Å². The molecule has 0 bridgehead atoms. The number of hydrogen-bond acceptors (Lipinski definition) is 7. The number of nitrogens with zero attached hydrogens (tertiary/aromatic N) is 1. The number of rotatable bonds is 10. The highest BCUT2D eigenvalue weighted by Crippen LogP contribution is 2.38. The average Bonchev–Trinajstić information content (AvgIpc) is 2.77. The Kier molecular flexibility index (Phi) is 8.49. The van der Waals surface area contributed by atoms with E-state index in [9.17, 15) is 9.59 Å². The van der Waals surface area contributed by atoms with Gasteiger partial charge in [0, 0.05) is 11.1 Å². The number of carbonyl (C=O) groups excluding carboxylic acids is 2. The minimum absolute atomic E-state index is 0.256. The van der Waals surface area contributed by atoms with Crippen LogP contribution in [0.3, 0.4) is 0 Å². The standard InChI is InChI=1S/C21H25N3O6/c1-5-30-16-9-7-6-8-14(16)12-23-24-19(25)13-22-21(26)15-10-17(27-2)20(29-4)18(11-15)28-3/h6-12H,5,13H2,1-4H3,(H,22,26)(H,24,25). The first kappa shape index (κ1) is 22.5. The van der Waals surface area contributed by atoms with Gasteiger partial charge in [0.25, 0.3) is 11.8 Å². The van der Waals surface area contributed by atoms with Gasteiger partial charge in [0.15, 0.2) is 11.5 Å². The molecule has 0 unspecified atom stereocenters. The number of hydrazone groups is 1. The van der Waals surface area contributed by atoms with E-state index in [2.05, 4.69) is 15.8 Å². The lowest BCUT2D eigenvalue weighted by molar-refractivity contribution is -0.120. The number of amides is 2. The van der Waals surface area contributed by atoms with E-state index in [1.54, 1.807) is 0 Å². The molecule has 0 aliphatic rings. The van der Waals surface area contributed by atoms with Crippen LogP contribution in [0.15, 0.2) is 41.5 Å². The largest absolute Gasteiger partial charge is 0.493 e. The first-order valence-corrected chi connectivity index (χ1v) is 9.15. The van der Waals surface area contributed by atoms with Crippen molar-refractivity contribution in [3.8, 4) is 23.0 Å². The molecule has 9 heteroatoms. The Morgan fingerprint density at radius 3 is 2.27 bits per heavy atom. The van der Waals surface area contributed by atoms with Crippen molar-refractivity contribution >= 4 is 18.0 Å². The zero-order valence-corrected chi connectivity index (χ0v) is 17.4. The van der Waals surface area contributed by atoms with Crippen LogP contribution >= 0.6 is 0 Å². The van der Waals surface area contributed by atoms with E-state index in [-0.39, 0.29) is 12.1 Å². The summed E-state index contributed by atoms with van der Waals surface area (Å²) in [6, 6.07) is 10.3. The fourth-order valence-electron chi connectivity index (χ4n) is 2.56. The lowest BCUT2D eigenvalue weighted by Crippen LogP contribution is -2.35. The number of hydrogen-bond donors (Lipinski definition) is 2. The van der Waals surface area contributed by atoms with Crippen molar-refractivity contribution in [2.24, 2.45) is 5.10 Å². The van der Waals surface area contributed by atoms with Gasteiger partial charge < -0.3 is 24.3 Å². The van der Waals surface area contributed by atoms with Crippen LogP contribution in [0.4, 0.5) is 0 Å². The molecule has 2 rings (SSSR count). The maximum atomic E-state index is 12.4. The first-order valence-electron chi connectivity index (χ1n) is 9.15. The van der Waals surface area contributed by atoms with Gasteiger partial charge in [0.1, 0.15) is 5.75 Å². The van der Waals surface area contributed by atoms with Gasteiger partial charge in [-0.25, -0.2) is 5.43 Å². The summed E-state index contributed by atoms with van der Waals surface area (Å²) in [6.45, 7) is 2.14. The maximum absolute atomic E-state index is 12.4. The van der Waals surface area contributed by atoms with Gasteiger partial charge in [0.2, 0.25) is 5.75 Å². The molecule has 0 saturated carbocycles. The topological polar surface area (TPSA) is 107 Å². The van der Waals surface area contributed by atoms with Crippen molar-refractivity contribution < 1.29 is 28.5 Å². The van der Waals surface area contributed by atoms with Gasteiger partial charge in [0.05, 0.1) is 40.7 Å². The lowest BCUT2D eigenvalue weighted by Gasteiger charge is -2.14. The number of ether oxygens (including phenoxy) is 4. The number of carbonyl (C=O) groups is 2. The molecule has 2 N–H and O–H groups in total. The molecule has 0 aliphatic carbocycles. The molecule has 0 aromatic heterocycles. The summed E-state index contributed by atoms with van der Waals surface area (Å²) >= 11 is 0. The van der Waals surface area contributed by atoms with E-state index < -0.39 is 11.8 Å². The zero-order chi connectivity index (χ0) is 21.9. The Bertz CT molecular complexity index is 888. The molecule has 0 aliphatic heterocycles. The summed E-state index contributed by atoms with van der Waals surface area (Å²) in [6.07, 6.45) is 1.48. The quantitative estimate of drug-likeness (QED) is 0.454. The SMILES string of the molecule is CCOc1ccccc1C=NNC(=O)CNC(=O)c1cc(OC)c(OC)c(OC)c1. The Balaban J connectivity index is 1.96. The Hall–Kier alpha value is -3.75. The molecule has 0 heterocycles. The molecule has 0 fully saturated rings. The highest BCUT2D eigenvalue weighted by Gasteiger charge is 2.17. The fourth-order valence-corrected chi connectivity index (χ4v) is 2.56. The predicted molar refractivity (Wildman–Crippen MR) is 112 cm³/mol. The van der Waals surface area contributed by atoms with Gasteiger partial charge in [-0.2, -0.15) is 5.10 Å². The highest BCUT2D eigenvalue weighted by atomic mass is 16.5. The van der Waals surface area contributed by atoms with Crippen LogP contribution in [-0.2, 0) is 4.79 Å². The second-order valence-electron chi connectivity index (χ2n) is 5.86. The van der Waals surface area contributed by atoms with Crippen molar-refractivity contribution in [2.45, 2.75) is 6.92 Å². The Morgan fingerprint density at radius 1 is 1.00 bits per heavy atom. The van der Waals surface area contributed by atoms with Crippen molar-refractivity contribution in [1.82, 2.24) is 10.7 Å². The molecule has 2 amide bonds. The molecule has 0 spiro atoms. The van der Waals surface area contributed by atoms with Crippen molar-refractivity contribution in [3.63, 3.8) is 0 Å². The molecule has 2 aromatic rings. The lowest BCUT2D eigenvalue weighted by atomic mass is 10.1. The molecule has 0 radical (unpaired) electrons. The number of para-hydroxylation sites is 1. The molecular formula is C21H25N3O6.